The van der Waals surface area contributed by atoms with Gasteiger partial charge in [-0.1, -0.05) is 42.5 Å². The lowest BCUT2D eigenvalue weighted by molar-refractivity contribution is -0.116. The van der Waals surface area contributed by atoms with Gasteiger partial charge in [0.1, 0.15) is 6.54 Å². The van der Waals surface area contributed by atoms with E-state index in [1.54, 1.807) is 12.1 Å². The van der Waals surface area contributed by atoms with Crippen LogP contribution in [0.5, 0.6) is 0 Å². The van der Waals surface area contributed by atoms with Crippen molar-refractivity contribution < 1.29 is 14.4 Å². The molecule has 1 aliphatic rings. The third kappa shape index (κ3) is 3.15. The number of anilines is 1. The van der Waals surface area contributed by atoms with E-state index in [1.165, 1.54) is 18.2 Å². The molecule has 0 bridgehead atoms. The molecule has 4 aromatic rings. The lowest BCUT2D eigenvalue weighted by Gasteiger charge is -2.12. The second-order valence-electron chi connectivity index (χ2n) is 6.84. The molecular weight excluding hydrogens is 400 g/mol. The van der Waals surface area contributed by atoms with E-state index in [4.69, 9.17) is 0 Å². The SMILES string of the molecule is O=C(CN1C(=O)c2ccccc2C1=O)Nc1nc2nc(-c3ccccc3)cc(=O)n2[nH]1. The summed E-state index contributed by atoms with van der Waals surface area (Å²) in [7, 11) is 0. The molecule has 3 heterocycles. The fourth-order valence-electron chi connectivity index (χ4n) is 3.39. The van der Waals surface area contributed by atoms with Gasteiger partial charge in [-0.15, -0.1) is 0 Å². The second kappa shape index (κ2) is 7.02. The predicted octanol–water partition coefficient (Wildman–Crippen LogP) is 1.32. The standard InChI is InChI=1S/C21H14N6O4/c28-16(11-26-18(30)13-8-4-5-9-14(13)19(26)31)23-20-24-21-22-15(10-17(29)27(21)25-20)12-6-2-1-3-7-12/h1-10H,11H2,(H2,22,23,24,25,28). The van der Waals surface area contributed by atoms with Crippen LogP contribution >= 0.6 is 0 Å². The number of nitrogens with one attached hydrogen (secondary N) is 2. The molecule has 5 rings (SSSR count). The van der Waals surface area contributed by atoms with Crippen LogP contribution in [0.4, 0.5) is 5.95 Å². The first-order valence-corrected chi connectivity index (χ1v) is 9.31. The predicted molar refractivity (Wildman–Crippen MR) is 109 cm³/mol. The Morgan fingerprint density at radius 3 is 2.23 bits per heavy atom. The van der Waals surface area contributed by atoms with Crippen LogP contribution in [0.3, 0.4) is 0 Å². The van der Waals surface area contributed by atoms with Crippen molar-refractivity contribution in [1.82, 2.24) is 24.5 Å². The summed E-state index contributed by atoms with van der Waals surface area (Å²) in [6.07, 6.45) is 0. The van der Waals surface area contributed by atoms with Crippen molar-refractivity contribution in [3.63, 3.8) is 0 Å². The molecule has 2 aromatic carbocycles. The Balaban J connectivity index is 1.37. The zero-order chi connectivity index (χ0) is 21.5. The van der Waals surface area contributed by atoms with E-state index in [9.17, 15) is 19.2 Å². The summed E-state index contributed by atoms with van der Waals surface area (Å²) in [5.74, 6) is -1.68. The number of fused-ring (bicyclic) bond motifs is 2. The molecular formula is C21H14N6O4. The minimum atomic E-state index is -0.648. The van der Waals surface area contributed by atoms with Crippen LogP contribution in [0.1, 0.15) is 20.7 Å². The summed E-state index contributed by atoms with van der Waals surface area (Å²) in [6.45, 7) is -0.485. The monoisotopic (exact) mass is 414 g/mol. The van der Waals surface area contributed by atoms with Gasteiger partial charge in [-0.2, -0.15) is 9.50 Å². The van der Waals surface area contributed by atoms with Crippen LogP contribution in [0.2, 0.25) is 0 Å². The van der Waals surface area contributed by atoms with Crippen molar-refractivity contribution in [2.75, 3.05) is 11.9 Å². The number of H-pyrrole nitrogens is 1. The number of carbonyl (C=O) groups excluding carboxylic acids is 3. The van der Waals surface area contributed by atoms with Gasteiger partial charge >= 0.3 is 0 Å². The summed E-state index contributed by atoms with van der Waals surface area (Å²) >= 11 is 0. The summed E-state index contributed by atoms with van der Waals surface area (Å²) < 4.78 is 1.09. The molecule has 152 valence electrons. The van der Waals surface area contributed by atoms with Crippen LogP contribution in [0.15, 0.2) is 65.5 Å². The molecule has 0 saturated heterocycles. The Kier molecular flexibility index (Phi) is 4.18. The number of hydrogen-bond donors (Lipinski definition) is 2. The van der Waals surface area contributed by atoms with Gasteiger partial charge < -0.3 is 0 Å². The maximum atomic E-state index is 12.4. The Hall–Kier alpha value is -4.60. The fourth-order valence-corrected chi connectivity index (χ4v) is 3.39. The molecule has 10 nitrogen and oxygen atoms in total. The first-order chi connectivity index (χ1) is 15.0. The summed E-state index contributed by atoms with van der Waals surface area (Å²) in [6, 6.07) is 16.9. The van der Waals surface area contributed by atoms with E-state index in [-0.39, 0.29) is 22.9 Å². The lowest BCUT2D eigenvalue weighted by atomic mass is 10.1. The van der Waals surface area contributed by atoms with Crippen LogP contribution < -0.4 is 10.9 Å². The first-order valence-electron chi connectivity index (χ1n) is 9.31. The topological polar surface area (TPSA) is 130 Å². The summed E-state index contributed by atoms with van der Waals surface area (Å²) in [5, 5.41) is 5.11. The molecule has 10 heteroatoms. The molecule has 0 unspecified atom stereocenters. The molecule has 31 heavy (non-hydrogen) atoms. The van der Waals surface area contributed by atoms with Crippen LogP contribution in [0, 0.1) is 0 Å². The highest BCUT2D eigenvalue weighted by atomic mass is 16.2. The zero-order valence-corrected chi connectivity index (χ0v) is 15.9. The number of rotatable bonds is 4. The smallest absolute Gasteiger partial charge is 0.274 e. The number of aromatic nitrogens is 4. The Labute approximate surface area is 174 Å². The van der Waals surface area contributed by atoms with E-state index < -0.39 is 29.8 Å². The quantitative estimate of drug-likeness (QED) is 0.485. The van der Waals surface area contributed by atoms with Crippen molar-refractivity contribution in [3.05, 3.63) is 82.1 Å². The van der Waals surface area contributed by atoms with Crippen molar-refractivity contribution in [2.24, 2.45) is 0 Å². The normalized spacial score (nSPS) is 13.0. The van der Waals surface area contributed by atoms with Gasteiger partial charge in [-0.3, -0.25) is 34.5 Å². The Bertz CT molecular complexity index is 1390. The molecule has 0 fully saturated rings. The third-order valence-electron chi connectivity index (χ3n) is 4.84. The van der Waals surface area contributed by atoms with Gasteiger partial charge in [-0.25, -0.2) is 4.98 Å². The highest BCUT2D eigenvalue weighted by molar-refractivity contribution is 6.22. The van der Waals surface area contributed by atoms with Gasteiger partial charge in [0, 0.05) is 11.6 Å². The summed E-state index contributed by atoms with van der Waals surface area (Å²) in [4.78, 5) is 59.0. The summed E-state index contributed by atoms with van der Waals surface area (Å²) in [5.41, 5.74) is 1.31. The van der Waals surface area contributed by atoms with Crippen molar-refractivity contribution in [2.45, 2.75) is 0 Å². The molecule has 0 radical (unpaired) electrons. The molecule has 0 spiro atoms. The highest BCUT2D eigenvalue weighted by Gasteiger charge is 2.36. The number of amides is 3. The number of nitrogens with zero attached hydrogens (tertiary/aromatic N) is 4. The minimum absolute atomic E-state index is 0.0311. The first kappa shape index (κ1) is 18.4. The number of imide groups is 1. The molecule has 2 N–H and O–H groups in total. The molecule has 3 amide bonds. The average Bonchev–Trinajstić information content (AvgIpc) is 3.29. The highest BCUT2D eigenvalue weighted by Crippen LogP contribution is 2.22. The largest absolute Gasteiger partial charge is 0.293 e. The van der Waals surface area contributed by atoms with Gasteiger partial charge in [0.25, 0.3) is 23.2 Å². The van der Waals surface area contributed by atoms with E-state index in [0.717, 1.165) is 15.0 Å². The van der Waals surface area contributed by atoms with Gasteiger partial charge in [-0.05, 0) is 12.1 Å². The molecule has 2 aromatic heterocycles. The maximum Gasteiger partial charge on any atom is 0.274 e. The number of aromatic amines is 1. The van der Waals surface area contributed by atoms with E-state index in [1.807, 2.05) is 30.3 Å². The minimum Gasteiger partial charge on any atom is -0.293 e. The van der Waals surface area contributed by atoms with Crippen molar-refractivity contribution in [3.8, 4) is 11.3 Å². The van der Waals surface area contributed by atoms with Gasteiger partial charge in [0.15, 0.2) is 0 Å². The fraction of sp³-hybridized carbons (Fsp3) is 0.0476. The van der Waals surface area contributed by atoms with E-state index in [2.05, 4.69) is 20.4 Å². The third-order valence-corrected chi connectivity index (χ3v) is 4.84. The number of hydrogen-bond acceptors (Lipinski definition) is 6. The molecule has 1 aliphatic heterocycles. The van der Waals surface area contributed by atoms with Crippen LogP contribution in [-0.4, -0.2) is 48.7 Å². The lowest BCUT2D eigenvalue weighted by Crippen LogP contribution is -2.37. The van der Waals surface area contributed by atoms with Crippen LogP contribution in [-0.2, 0) is 4.79 Å². The molecule has 0 atom stereocenters. The Morgan fingerprint density at radius 1 is 0.903 bits per heavy atom. The molecule has 0 saturated carbocycles. The van der Waals surface area contributed by atoms with Gasteiger partial charge in [0.2, 0.25) is 11.9 Å². The van der Waals surface area contributed by atoms with Crippen molar-refractivity contribution >= 4 is 29.4 Å². The zero-order valence-electron chi connectivity index (χ0n) is 15.9. The average molecular weight is 414 g/mol. The van der Waals surface area contributed by atoms with E-state index in [0.29, 0.717) is 5.69 Å². The Morgan fingerprint density at radius 2 is 1.55 bits per heavy atom. The van der Waals surface area contributed by atoms with Crippen molar-refractivity contribution in [1.29, 1.82) is 0 Å². The molecule has 0 aliphatic carbocycles. The second-order valence-corrected chi connectivity index (χ2v) is 6.84. The maximum absolute atomic E-state index is 12.4. The van der Waals surface area contributed by atoms with Crippen LogP contribution in [0.25, 0.3) is 17.0 Å². The number of carbonyl (C=O) groups is 3. The van der Waals surface area contributed by atoms with E-state index >= 15 is 0 Å². The van der Waals surface area contributed by atoms with Gasteiger partial charge in [0.05, 0.1) is 16.8 Å². The number of benzene rings is 2.